The largest absolute Gasteiger partial charge is 0.444 e. The molecule has 0 aliphatic rings. The molecule has 1 heterocycles. The molecule has 6 nitrogen and oxygen atoms in total. The molecule has 1 rings (SSSR count). The van der Waals surface area contributed by atoms with Gasteiger partial charge in [0.1, 0.15) is 11.7 Å². The van der Waals surface area contributed by atoms with Crippen LogP contribution in [0.1, 0.15) is 26.3 Å². The Morgan fingerprint density at radius 3 is 2.83 bits per heavy atom. The van der Waals surface area contributed by atoms with Crippen LogP contribution in [0.15, 0.2) is 18.5 Å². The van der Waals surface area contributed by atoms with Crippen molar-refractivity contribution < 1.29 is 9.53 Å². The number of nitrogens with one attached hydrogen (secondary N) is 1. The lowest BCUT2D eigenvalue weighted by atomic mass is 10.2. The van der Waals surface area contributed by atoms with Crippen LogP contribution >= 0.6 is 0 Å². The van der Waals surface area contributed by atoms with Crippen molar-refractivity contribution in [3.8, 4) is 6.07 Å². The summed E-state index contributed by atoms with van der Waals surface area (Å²) in [6.07, 6.45) is 2.27. The highest BCUT2D eigenvalue weighted by Gasteiger charge is 2.17. The molecular weight excluding hydrogens is 232 g/mol. The summed E-state index contributed by atoms with van der Waals surface area (Å²) in [6.45, 7) is 5.72. The number of carbonyl (C=O) groups is 1. The molecule has 0 fully saturated rings. The molecule has 18 heavy (non-hydrogen) atoms. The van der Waals surface area contributed by atoms with Crippen LogP contribution in [0.2, 0.25) is 0 Å². The van der Waals surface area contributed by atoms with Gasteiger partial charge >= 0.3 is 6.09 Å². The van der Waals surface area contributed by atoms with E-state index in [1.807, 2.05) is 6.07 Å². The van der Waals surface area contributed by atoms with Gasteiger partial charge in [0.2, 0.25) is 0 Å². The van der Waals surface area contributed by atoms with Gasteiger partial charge in [0, 0.05) is 12.4 Å². The lowest BCUT2D eigenvalue weighted by molar-refractivity contribution is 0.0501. The summed E-state index contributed by atoms with van der Waals surface area (Å²) in [7, 11) is 0. The van der Waals surface area contributed by atoms with Crippen LogP contribution in [0.5, 0.6) is 0 Å². The molecule has 1 unspecified atom stereocenters. The van der Waals surface area contributed by atoms with Crippen molar-refractivity contribution in [2.45, 2.75) is 39.1 Å². The summed E-state index contributed by atoms with van der Waals surface area (Å²) >= 11 is 0. The molecule has 3 N–H and O–H groups in total. The van der Waals surface area contributed by atoms with Crippen molar-refractivity contribution in [1.29, 1.82) is 5.26 Å². The standard InChI is InChI=1S/C12H18N4O2/c1-12(2,3)18-11(17)15-10(14)8-16-5-4-9(6-13)7-16/h4-5,7,10H,8,14H2,1-3H3,(H,15,17). The molecule has 0 saturated carbocycles. The molecule has 0 saturated heterocycles. The number of rotatable bonds is 3. The number of carbonyl (C=O) groups excluding carboxylic acids is 1. The van der Waals surface area contributed by atoms with Crippen molar-refractivity contribution in [2.75, 3.05) is 0 Å². The summed E-state index contributed by atoms with van der Waals surface area (Å²) in [5, 5.41) is 11.2. The maximum Gasteiger partial charge on any atom is 0.408 e. The molecule has 1 aromatic heterocycles. The molecule has 1 amide bonds. The first-order valence-corrected chi connectivity index (χ1v) is 5.61. The van der Waals surface area contributed by atoms with Crippen LogP contribution in [-0.2, 0) is 11.3 Å². The number of nitrogens with two attached hydrogens (primary N) is 1. The molecule has 1 atom stereocenters. The third-order valence-electron chi connectivity index (χ3n) is 1.99. The predicted octanol–water partition coefficient (Wildman–Crippen LogP) is 1.17. The van der Waals surface area contributed by atoms with Crippen molar-refractivity contribution in [1.82, 2.24) is 9.88 Å². The van der Waals surface area contributed by atoms with Crippen molar-refractivity contribution in [2.24, 2.45) is 5.73 Å². The van der Waals surface area contributed by atoms with E-state index in [1.54, 1.807) is 43.8 Å². The third-order valence-corrected chi connectivity index (χ3v) is 1.99. The summed E-state index contributed by atoms with van der Waals surface area (Å²) < 4.78 is 6.82. The normalized spacial score (nSPS) is 12.6. The van der Waals surface area contributed by atoms with E-state index in [2.05, 4.69) is 5.32 Å². The average Bonchev–Trinajstić information content (AvgIpc) is 2.61. The third kappa shape index (κ3) is 4.89. The number of hydrogen-bond donors (Lipinski definition) is 2. The lowest BCUT2D eigenvalue weighted by Gasteiger charge is -2.22. The van der Waals surface area contributed by atoms with E-state index in [1.165, 1.54) is 0 Å². The van der Waals surface area contributed by atoms with Gasteiger partial charge in [0.05, 0.1) is 18.3 Å². The fourth-order valence-corrected chi connectivity index (χ4v) is 1.35. The maximum atomic E-state index is 11.4. The molecular formula is C12H18N4O2. The fraction of sp³-hybridized carbons (Fsp3) is 0.500. The zero-order valence-corrected chi connectivity index (χ0v) is 10.8. The Hall–Kier alpha value is -2.00. The lowest BCUT2D eigenvalue weighted by Crippen LogP contribution is -2.46. The van der Waals surface area contributed by atoms with Crippen molar-refractivity contribution in [3.63, 3.8) is 0 Å². The molecule has 0 aliphatic carbocycles. The van der Waals surface area contributed by atoms with E-state index in [9.17, 15) is 4.79 Å². The summed E-state index contributed by atoms with van der Waals surface area (Å²) in [5.41, 5.74) is 5.77. The van der Waals surface area contributed by atoms with Gasteiger partial charge in [-0.1, -0.05) is 0 Å². The topological polar surface area (TPSA) is 93.1 Å². The Labute approximate surface area is 106 Å². The second-order valence-electron chi connectivity index (χ2n) is 4.96. The number of aromatic nitrogens is 1. The SMILES string of the molecule is CC(C)(C)OC(=O)NC(N)Cn1ccc(C#N)c1. The number of hydrogen-bond acceptors (Lipinski definition) is 4. The van der Waals surface area contributed by atoms with Gasteiger partial charge in [-0.3, -0.25) is 0 Å². The number of alkyl carbamates (subject to hydrolysis) is 1. The van der Waals surface area contributed by atoms with E-state index in [0.29, 0.717) is 12.1 Å². The van der Waals surface area contributed by atoms with Gasteiger partial charge < -0.3 is 20.4 Å². The Bertz CT molecular complexity index is 453. The van der Waals surface area contributed by atoms with Crippen molar-refractivity contribution >= 4 is 6.09 Å². The molecule has 6 heteroatoms. The maximum absolute atomic E-state index is 11.4. The van der Waals surface area contributed by atoms with Gasteiger partial charge in [-0.2, -0.15) is 5.26 Å². The zero-order chi connectivity index (χ0) is 13.8. The minimum absolute atomic E-state index is 0.376. The van der Waals surface area contributed by atoms with E-state index >= 15 is 0 Å². The second kappa shape index (κ2) is 5.56. The first kappa shape index (κ1) is 14.1. The quantitative estimate of drug-likeness (QED) is 0.787. The molecule has 0 bridgehead atoms. The molecule has 0 radical (unpaired) electrons. The minimum atomic E-state index is -0.571. The van der Waals surface area contributed by atoms with Crippen LogP contribution in [0, 0.1) is 11.3 Å². The van der Waals surface area contributed by atoms with E-state index in [-0.39, 0.29) is 0 Å². The van der Waals surface area contributed by atoms with Crippen LogP contribution in [0.3, 0.4) is 0 Å². The Morgan fingerprint density at radius 2 is 2.33 bits per heavy atom. The summed E-state index contributed by atoms with van der Waals surface area (Å²) in [5.74, 6) is 0. The number of ether oxygens (including phenoxy) is 1. The predicted molar refractivity (Wildman–Crippen MR) is 66.5 cm³/mol. The highest BCUT2D eigenvalue weighted by atomic mass is 16.6. The highest BCUT2D eigenvalue weighted by molar-refractivity contribution is 5.67. The van der Waals surface area contributed by atoms with E-state index in [0.717, 1.165) is 0 Å². The van der Waals surface area contributed by atoms with Crippen molar-refractivity contribution in [3.05, 3.63) is 24.0 Å². The Balaban J connectivity index is 2.44. The second-order valence-corrected chi connectivity index (χ2v) is 4.96. The Kier molecular flexibility index (Phi) is 4.34. The smallest absolute Gasteiger partial charge is 0.408 e. The molecule has 0 aromatic carbocycles. The number of nitriles is 1. The van der Waals surface area contributed by atoms with Gasteiger partial charge in [-0.05, 0) is 26.8 Å². The minimum Gasteiger partial charge on any atom is -0.444 e. The summed E-state index contributed by atoms with van der Waals surface area (Å²) in [4.78, 5) is 11.4. The van der Waals surface area contributed by atoms with Gasteiger partial charge in [-0.25, -0.2) is 4.79 Å². The monoisotopic (exact) mass is 250 g/mol. The Morgan fingerprint density at radius 1 is 1.67 bits per heavy atom. The van der Waals surface area contributed by atoms with Gasteiger partial charge in [0.15, 0.2) is 0 Å². The van der Waals surface area contributed by atoms with Crippen LogP contribution in [0.4, 0.5) is 4.79 Å². The molecule has 98 valence electrons. The van der Waals surface area contributed by atoms with Crippen LogP contribution < -0.4 is 11.1 Å². The number of amides is 1. The zero-order valence-electron chi connectivity index (χ0n) is 10.8. The summed E-state index contributed by atoms with van der Waals surface area (Å²) in [6, 6.07) is 3.70. The van der Waals surface area contributed by atoms with Gasteiger partial charge in [0.25, 0.3) is 0 Å². The first-order chi connectivity index (χ1) is 8.30. The fourth-order valence-electron chi connectivity index (χ4n) is 1.35. The molecule has 0 spiro atoms. The molecule has 1 aromatic rings. The van der Waals surface area contributed by atoms with Crippen LogP contribution in [0.25, 0.3) is 0 Å². The number of nitrogens with zero attached hydrogens (tertiary/aromatic N) is 2. The first-order valence-electron chi connectivity index (χ1n) is 5.61. The van der Waals surface area contributed by atoms with E-state index < -0.39 is 17.9 Å². The average molecular weight is 250 g/mol. The van der Waals surface area contributed by atoms with Crippen LogP contribution in [-0.4, -0.2) is 22.4 Å². The highest BCUT2D eigenvalue weighted by Crippen LogP contribution is 2.06. The molecule has 0 aliphatic heterocycles. The van der Waals surface area contributed by atoms with E-state index in [4.69, 9.17) is 15.7 Å². The van der Waals surface area contributed by atoms with Gasteiger partial charge in [-0.15, -0.1) is 0 Å².